The lowest BCUT2D eigenvalue weighted by atomic mass is 9.94. The Bertz CT molecular complexity index is 1730. The van der Waals surface area contributed by atoms with Gasteiger partial charge in [0.25, 0.3) is 5.78 Å². The molecule has 210 valence electrons. The Labute approximate surface area is 240 Å². The van der Waals surface area contributed by atoms with Crippen LogP contribution >= 0.6 is 11.3 Å². The van der Waals surface area contributed by atoms with E-state index in [0.29, 0.717) is 52.1 Å². The van der Waals surface area contributed by atoms with Crippen LogP contribution in [0.2, 0.25) is 0 Å². The van der Waals surface area contributed by atoms with Gasteiger partial charge in [-0.3, -0.25) is 14.5 Å². The molecule has 0 bridgehead atoms. The first-order chi connectivity index (χ1) is 19.8. The number of hydrogen-bond donors (Lipinski definition) is 1. The Morgan fingerprint density at radius 3 is 2.63 bits per heavy atom. The summed E-state index contributed by atoms with van der Waals surface area (Å²) in [5, 5.41) is 11.9. The molecule has 0 unspecified atom stereocenters. The number of rotatable bonds is 7. The minimum absolute atomic E-state index is 0.0158. The minimum Gasteiger partial charge on any atom is -0.507 e. The number of carbonyl (C=O) groups is 2. The van der Waals surface area contributed by atoms with Crippen molar-refractivity contribution >= 4 is 44.1 Å². The van der Waals surface area contributed by atoms with Gasteiger partial charge in [-0.1, -0.05) is 17.4 Å². The number of aliphatic hydroxyl groups is 1. The maximum absolute atomic E-state index is 13.7. The zero-order valence-electron chi connectivity index (χ0n) is 23.0. The monoisotopic (exact) mass is 572 g/mol. The van der Waals surface area contributed by atoms with Crippen LogP contribution < -0.4 is 23.8 Å². The Morgan fingerprint density at radius 2 is 1.88 bits per heavy atom. The van der Waals surface area contributed by atoms with Gasteiger partial charge in [0.2, 0.25) is 0 Å². The number of ketones is 1. The molecule has 9 nitrogen and oxygen atoms in total. The highest BCUT2D eigenvalue weighted by molar-refractivity contribution is 7.22. The molecule has 10 heteroatoms. The molecule has 6 rings (SSSR count). The van der Waals surface area contributed by atoms with E-state index in [-0.39, 0.29) is 17.4 Å². The van der Waals surface area contributed by atoms with Crippen LogP contribution in [0, 0.1) is 0 Å². The summed E-state index contributed by atoms with van der Waals surface area (Å²) in [6.07, 6.45) is 0.696. The number of carbonyl (C=O) groups excluding carboxylic acids is 2. The molecule has 2 aliphatic rings. The van der Waals surface area contributed by atoms with Crippen molar-refractivity contribution in [3.63, 3.8) is 0 Å². The number of Topliss-reactive ketones (excluding diaryl/α,β-unsaturated/α-hetero) is 1. The number of thiazole rings is 1. The Hall–Kier alpha value is -4.57. The van der Waals surface area contributed by atoms with E-state index < -0.39 is 17.7 Å². The molecule has 1 amide bonds. The van der Waals surface area contributed by atoms with Gasteiger partial charge in [-0.2, -0.15) is 0 Å². The standard InChI is InChI=1S/C31H28N2O7S/c1-5-39-20-8-9-21-25(15-20)41-31(32-21)33-27(17-6-11-23(37-3)24(14-17)38-4)26(29(35)30(33)36)28(34)18-7-10-22-19(13-18)12-16(2)40-22/h6-11,13-16,27,34H,5,12H2,1-4H3/t16-,27+/m1/s1. The first kappa shape index (κ1) is 26.6. The van der Waals surface area contributed by atoms with Crippen molar-refractivity contribution in [2.24, 2.45) is 0 Å². The first-order valence-electron chi connectivity index (χ1n) is 13.2. The largest absolute Gasteiger partial charge is 0.507 e. The van der Waals surface area contributed by atoms with Gasteiger partial charge < -0.3 is 24.1 Å². The summed E-state index contributed by atoms with van der Waals surface area (Å²) in [5.41, 5.74) is 2.53. The highest BCUT2D eigenvalue weighted by Gasteiger charge is 2.48. The van der Waals surface area contributed by atoms with Crippen LogP contribution in [0.3, 0.4) is 0 Å². The number of fused-ring (bicyclic) bond motifs is 2. The summed E-state index contributed by atoms with van der Waals surface area (Å²) >= 11 is 1.27. The number of anilines is 1. The van der Waals surface area contributed by atoms with E-state index in [0.717, 1.165) is 16.0 Å². The van der Waals surface area contributed by atoms with Crippen molar-refractivity contribution in [1.29, 1.82) is 0 Å². The van der Waals surface area contributed by atoms with Crippen LogP contribution in [-0.2, 0) is 16.0 Å². The normalized spacial score (nSPS) is 19.4. The quantitative estimate of drug-likeness (QED) is 0.172. The third kappa shape index (κ3) is 4.54. The number of hydrogen-bond acceptors (Lipinski definition) is 9. The molecule has 0 radical (unpaired) electrons. The average Bonchev–Trinajstić information content (AvgIpc) is 3.64. The minimum atomic E-state index is -0.967. The zero-order chi connectivity index (χ0) is 28.8. The second-order valence-corrected chi connectivity index (χ2v) is 10.8. The lowest BCUT2D eigenvalue weighted by Crippen LogP contribution is -2.29. The smallest absolute Gasteiger partial charge is 0.301 e. The predicted octanol–water partition coefficient (Wildman–Crippen LogP) is 5.66. The summed E-state index contributed by atoms with van der Waals surface area (Å²) in [4.78, 5) is 33.4. The second kappa shape index (κ2) is 10.4. The van der Waals surface area contributed by atoms with Gasteiger partial charge in [-0.25, -0.2) is 4.98 Å². The molecular weight excluding hydrogens is 544 g/mol. The van der Waals surface area contributed by atoms with E-state index in [4.69, 9.17) is 23.9 Å². The number of nitrogens with zero attached hydrogens (tertiary/aromatic N) is 2. The molecule has 2 atom stereocenters. The van der Waals surface area contributed by atoms with Crippen LogP contribution in [0.4, 0.5) is 5.13 Å². The van der Waals surface area contributed by atoms with Crippen molar-refractivity contribution in [3.8, 4) is 23.0 Å². The van der Waals surface area contributed by atoms with E-state index in [2.05, 4.69) is 0 Å². The van der Waals surface area contributed by atoms with Crippen LogP contribution in [0.25, 0.3) is 16.0 Å². The Kier molecular flexibility index (Phi) is 6.78. The van der Waals surface area contributed by atoms with E-state index in [9.17, 15) is 14.7 Å². The molecule has 1 aromatic heterocycles. The average molecular weight is 573 g/mol. The number of ether oxygens (including phenoxy) is 4. The van der Waals surface area contributed by atoms with Crippen molar-refractivity contribution < 1.29 is 33.6 Å². The number of aliphatic hydroxyl groups excluding tert-OH is 1. The Balaban J connectivity index is 1.53. The third-order valence-corrected chi connectivity index (χ3v) is 8.22. The molecule has 3 aromatic carbocycles. The predicted molar refractivity (Wildman–Crippen MR) is 155 cm³/mol. The van der Waals surface area contributed by atoms with Crippen LogP contribution in [0.1, 0.15) is 36.6 Å². The molecule has 3 heterocycles. The second-order valence-electron chi connectivity index (χ2n) is 9.80. The van der Waals surface area contributed by atoms with E-state index >= 15 is 0 Å². The van der Waals surface area contributed by atoms with Crippen LogP contribution in [-0.4, -0.2) is 48.7 Å². The number of methoxy groups -OCH3 is 2. The number of aromatic nitrogens is 1. The van der Waals surface area contributed by atoms with Crippen molar-refractivity contribution in [2.45, 2.75) is 32.4 Å². The molecule has 1 saturated heterocycles. The molecular formula is C31H28N2O7S. The molecule has 41 heavy (non-hydrogen) atoms. The third-order valence-electron chi connectivity index (χ3n) is 7.20. The fourth-order valence-electron chi connectivity index (χ4n) is 5.35. The van der Waals surface area contributed by atoms with Gasteiger partial charge in [-0.15, -0.1) is 0 Å². The molecule has 1 fully saturated rings. The van der Waals surface area contributed by atoms with Gasteiger partial charge in [-0.05, 0) is 73.5 Å². The fourth-order valence-corrected chi connectivity index (χ4v) is 6.37. The van der Waals surface area contributed by atoms with Gasteiger partial charge in [0.15, 0.2) is 16.6 Å². The van der Waals surface area contributed by atoms with Gasteiger partial charge >= 0.3 is 5.91 Å². The van der Waals surface area contributed by atoms with E-state index in [1.165, 1.54) is 30.5 Å². The SMILES string of the molecule is CCOc1ccc2nc(N3C(=O)C(=O)C(=C(O)c4ccc5c(c4)C[C@@H](C)O5)[C@@H]3c3ccc(OC)c(OC)c3)sc2c1. The van der Waals surface area contributed by atoms with Crippen molar-refractivity contribution in [1.82, 2.24) is 4.98 Å². The van der Waals surface area contributed by atoms with E-state index in [1.807, 2.05) is 32.0 Å². The summed E-state index contributed by atoms with van der Waals surface area (Å²) in [5.74, 6) is 0.479. The van der Waals surface area contributed by atoms with Crippen molar-refractivity contribution in [3.05, 3.63) is 76.9 Å². The topological polar surface area (TPSA) is 107 Å². The molecule has 0 saturated carbocycles. The number of amides is 1. The summed E-state index contributed by atoms with van der Waals surface area (Å²) in [6.45, 7) is 4.38. The first-order valence-corrected chi connectivity index (χ1v) is 14.0. The highest BCUT2D eigenvalue weighted by Crippen LogP contribution is 2.46. The maximum atomic E-state index is 13.7. The lowest BCUT2D eigenvalue weighted by molar-refractivity contribution is -0.132. The lowest BCUT2D eigenvalue weighted by Gasteiger charge is -2.23. The van der Waals surface area contributed by atoms with Gasteiger partial charge in [0.1, 0.15) is 23.4 Å². The van der Waals surface area contributed by atoms with Gasteiger partial charge in [0, 0.05) is 12.0 Å². The molecule has 4 aromatic rings. The molecule has 2 aliphatic heterocycles. The molecule has 0 aliphatic carbocycles. The number of benzene rings is 3. The molecule has 0 spiro atoms. The van der Waals surface area contributed by atoms with E-state index in [1.54, 1.807) is 36.4 Å². The zero-order valence-corrected chi connectivity index (χ0v) is 23.8. The van der Waals surface area contributed by atoms with Crippen molar-refractivity contribution in [2.75, 3.05) is 25.7 Å². The van der Waals surface area contributed by atoms with Crippen LogP contribution in [0.15, 0.2) is 60.2 Å². The summed E-state index contributed by atoms with van der Waals surface area (Å²) < 4.78 is 23.2. The molecule has 1 N–H and O–H groups in total. The maximum Gasteiger partial charge on any atom is 0.301 e. The summed E-state index contributed by atoms with van der Waals surface area (Å²) in [7, 11) is 3.04. The fraction of sp³-hybridized carbons (Fsp3) is 0.258. The highest BCUT2D eigenvalue weighted by atomic mass is 32.1. The van der Waals surface area contributed by atoms with Crippen LogP contribution in [0.5, 0.6) is 23.0 Å². The Morgan fingerprint density at radius 1 is 1.07 bits per heavy atom. The van der Waals surface area contributed by atoms with Gasteiger partial charge in [0.05, 0.1) is 42.7 Å². The summed E-state index contributed by atoms with van der Waals surface area (Å²) in [6, 6.07) is 14.9.